The minimum atomic E-state index is -0.245. The van der Waals surface area contributed by atoms with Crippen molar-refractivity contribution in [2.24, 2.45) is 0 Å². The third kappa shape index (κ3) is 6.43. The number of benzene rings is 9. The monoisotopic (exact) mass is 934 g/mol. The lowest BCUT2D eigenvalue weighted by molar-refractivity contribution is 0.596. The van der Waals surface area contributed by atoms with E-state index >= 15 is 0 Å². The number of nitrogens with zero attached hydrogens (tertiary/aromatic N) is 4. The van der Waals surface area contributed by atoms with Gasteiger partial charge in [0.05, 0.1) is 44.5 Å². The Morgan fingerprint density at radius 3 is 1.01 bits per heavy atom. The Bertz CT molecular complexity index is 3920. The summed E-state index contributed by atoms with van der Waals surface area (Å²) in [5, 5.41) is 10.3. The van der Waals surface area contributed by atoms with E-state index in [-0.39, 0.29) is 10.8 Å². The van der Waals surface area contributed by atoms with Gasteiger partial charge in [0, 0.05) is 65.8 Å². The minimum absolute atomic E-state index is 0.245. The number of aromatic nitrogens is 2. The average Bonchev–Trinajstić information content (AvgIpc) is 4.09. The highest BCUT2D eigenvalue weighted by atomic mass is 15.2. The molecule has 9 aromatic carbocycles. The summed E-state index contributed by atoms with van der Waals surface area (Å²) in [7, 11) is 0. The van der Waals surface area contributed by atoms with Crippen LogP contribution >= 0.6 is 0 Å². The van der Waals surface area contributed by atoms with Crippen LogP contribution in [0.5, 0.6) is 0 Å². The first-order chi connectivity index (χ1) is 34.7. The molecule has 13 aromatic rings. The average molecular weight is 935 g/mol. The summed E-state index contributed by atoms with van der Waals surface area (Å²) in [4.78, 5) is 5.03. The van der Waals surface area contributed by atoms with E-state index in [0.717, 1.165) is 22.7 Å². The molecule has 0 saturated carbocycles. The maximum Gasteiger partial charge on any atom is 0.0625 e. The maximum atomic E-state index is 2.61. The molecule has 0 saturated heterocycles. The molecule has 0 atom stereocenters. The first-order valence-corrected chi connectivity index (χ1v) is 26.0. The van der Waals surface area contributed by atoms with Crippen LogP contribution in [0.2, 0.25) is 0 Å². The van der Waals surface area contributed by atoms with Crippen LogP contribution < -0.4 is 9.80 Å². The summed E-state index contributed by atoms with van der Waals surface area (Å²) in [5.41, 5.74) is 19.4. The first-order valence-electron chi connectivity index (χ1n) is 26.0. The first kappa shape index (κ1) is 44.1. The SMILES string of the molecule is CC(C)c1ccc(N(c2ccccc2)c2cc3c4ccccc4n4c5cc6c7c(C(C)(C)C)c(N(c8ccccc8)c8ccc(C(C)C)cc8)cc8c9ccccc9n(c6cc5c(c2C(C)(C)C)c34)c87)cc1. The molecule has 0 N–H and O–H groups in total. The summed E-state index contributed by atoms with van der Waals surface area (Å²) in [5.74, 6) is 0.882. The van der Waals surface area contributed by atoms with E-state index in [1.165, 1.54) is 110 Å². The summed E-state index contributed by atoms with van der Waals surface area (Å²) in [6, 6.07) is 68.8. The van der Waals surface area contributed by atoms with Crippen molar-refractivity contribution < 1.29 is 0 Å². The van der Waals surface area contributed by atoms with Crippen molar-refractivity contribution in [3.05, 3.63) is 204 Å². The second-order valence-corrected chi connectivity index (χ2v) is 23.0. The molecule has 0 unspecified atom stereocenters. The molecule has 0 bridgehead atoms. The van der Waals surface area contributed by atoms with Crippen LogP contribution in [-0.4, -0.2) is 8.80 Å². The number of rotatable bonds is 8. The van der Waals surface area contributed by atoms with Crippen molar-refractivity contribution in [1.29, 1.82) is 0 Å². The van der Waals surface area contributed by atoms with Gasteiger partial charge in [-0.3, -0.25) is 0 Å². The molecule has 0 aliphatic rings. The van der Waals surface area contributed by atoms with E-state index in [0.29, 0.717) is 11.8 Å². The van der Waals surface area contributed by atoms with Gasteiger partial charge in [-0.2, -0.15) is 0 Å². The molecule has 4 heteroatoms. The fourth-order valence-corrected chi connectivity index (χ4v) is 12.5. The Labute approximate surface area is 423 Å². The molecule has 0 spiro atoms. The van der Waals surface area contributed by atoms with Crippen LogP contribution in [0.15, 0.2) is 182 Å². The van der Waals surface area contributed by atoms with Crippen LogP contribution in [0.4, 0.5) is 34.1 Å². The Morgan fingerprint density at radius 2 is 0.667 bits per heavy atom. The van der Waals surface area contributed by atoms with Gasteiger partial charge >= 0.3 is 0 Å². The van der Waals surface area contributed by atoms with Crippen molar-refractivity contribution in [2.75, 3.05) is 9.80 Å². The number of para-hydroxylation sites is 4. The van der Waals surface area contributed by atoms with Gasteiger partial charge in [0.1, 0.15) is 0 Å². The van der Waals surface area contributed by atoms with Gasteiger partial charge in [-0.25, -0.2) is 0 Å². The van der Waals surface area contributed by atoms with E-state index in [4.69, 9.17) is 0 Å². The normalized spacial score (nSPS) is 12.8. The molecule has 354 valence electrons. The quantitative estimate of drug-likeness (QED) is 0.151. The van der Waals surface area contributed by atoms with Crippen LogP contribution in [0.3, 0.4) is 0 Å². The predicted octanol–water partition coefficient (Wildman–Crippen LogP) is 19.8. The van der Waals surface area contributed by atoms with Crippen LogP contribution in [-0.2, 0) is 10.8 Å². The lowest BCUT2D eigenvalue weighted by atomic mass is 9.81. The van der Waals surface area contributed by atoms with Crippen molar-refractivity contribution in [1.82, 2.24) is 8.80 Å². The molecule has 0 aliphatic carbocycles. The molecule has 72 heavy (non-hydrogen) atoms. The Hall–Kier alpha value is -7.82. The minimum Gasteiger partial charge on any atom is -0.310 e. The molecular formula is C68H62N4. The Balaban J connectivity index is 1.21. The zero-order valence-electron chi connectivity index (χ0n) is 43.3. The second kappa shape index (κ2) is 15.8. The fourth-order valence-electron chi connectivity index (χ4n) is 12.5. The molecule has 4 nitrogen and oxygen atoms in total. The van der Waals surface area contributed by atoms with Crippen molar-refractivity contribution in [3.63, 3.8) is 0 Å². The molecule has 4 aromatic heterocycles. The highest BCUT2D eigenvalue weighted by Crippen LogP contribution is 2.55. The zero-order chi connectivity index (χ0) is 49.5. The molecule has 0 amide bonds. The predicted molar refractivity (Wildman–Crippen MR) is 311 cm³/mol. The van der Waals surface area contributed by atoms with E-state index in [2.05, 4.69) is 270 Å². The molecule has 0 fully saturated rings. The third-order valence-electron chi connectivity index (χ3n) is 15.7. The van der Waals surface area contributed by atoms with Gasteiger partial charge in [0.15, 0.2) is 0 Å². The van der Waals surface area contributed by atoms with Crippen molar-refractivity contribution in [2.45, 2.75) is 91.9 Å². The lowest BCUT2D eigenvalue weighted by Crippen LogP contribution is -2.19. The lowest BCUT2D eigenvalue weighted by Gasteiger charge is -2.33. The highest BCUT2D eigenvalue weighted by molar-refractivity contribution is 6.31. The standard InChI is InChI=1S/C68H62N4/c1-41(2)43-29-33-47(34-30-43)69(45-21-13-11-14-22-45)59-37-51-49-25-17-19-27-55(49)71-57-40-54-58(39-53(57)61(65(51)71)63(59)67(5,6)7)72-56-28-20-18-26-50(56)52-38-60(64(68(8,9)10)62(54)66(52)72)70(46-23-15-12-16-24-46)48-35-31-44(32-36-48)42(3)4/h11-42H,1-10H3. The second-order valence-electron chi connectivity index (χ2n) is 23.0. The van der Waals surface area contributed by atoms with Crippen LogP contribution in [0.1, 0.15) is 103 Å². The van der Waals surface area contributed by atoms with Crippen molar-refractivity contribution in [3.8, 4) is 0 Å². The Morgan fingerprint density at radius 1 is 0.333 bits per heavy atom. The summed E-state index contributed by atoms with van der Waals surface area (Å²) in [6.45, 7) is 23.5. The van der Waals surface area contributed by atoms with Gasteiger partial charge in [0.25, 0.3) is 0 Å². The highest BCUT2D eigenvalue weighted by Gasteiger charge is 2.35. The van der Waals surface area contributed by atoms with Gasteiger partial charge < -0.3 is 18.6 Å². The number of hydrogen-bond acceptors (Lipinski definition) is 2. The largest absolute Gasteiger partial charge is 0.310 e. The molecular weight excluding hydrogens is 873 g/mol. The number of anilines is 6. The number of fused-ring (bicyclic) bond motifs is 12. The van der Waals surface area contributed by atoms with Gasteiger partial charge in [-0.1, -0.05) is 166 Å². The number of hydrogen-bond donors (Lipinski definition) is 0. The Kier molecular flexibility index (Phi) is 9.71. The fraction of sp³-hybridized carbons (Fsp3) is 0.206. The maximum absolute atomic E-state index is 2.61. The van der Waals surface area contributed by atoms with Gasteiger partial charge in [-0.15, -0.1) is 0 Å². The molecule has 13 rings (SSSR count). The third-order valence-corrected chi connectivity index (χ3v) is 15.7. The van der Waals surface area contributed by atoms with E-state index in [9.17, 15) is 0 Å². The van der Waals surface area contributed by atoms with E-state index in [1.54, 1.807) is 0 Å². The smallest absolute Gasteiger partial charge is 0.0625 e. The summed E-state index contributed by atoms with van der Waals surface area (Å²) < 4.78 is 5.21. The summed E-state index contributed by atoms with van der Waals surface area (Å²) >= 11 is 0. The van der Waals surface area contributed by atoms with E-state index in [1.807, 2.05) is 0 Å². The van der Waals surface area contributed by atoms with Gasteiger partial charge in [-0.05, 0) is 130 Å². The van der Waals surface area contributed by atoms with Crippen LogP contribution in [0.25, 0.3) is 76.2 Å². The zero-order valence-corrected chi connectivity index (χ0v) is 43.3. The van der Waals surface area contributed by atoms with Crippen LogP contribution in [0, 0.1) is 0 Å². The molecule has 0 radical (unpaired) electrons. The summed E-state index contributed by atoms with van der Waals surface area (Å²) in [6.07, 6.45) is 0. The molecule has 4 heterocycles. The topological polar surface area (TPSA) is 15.3 Å². The molecule has 0 aliphatic heterocycles. The van der Waals surface area contributed by atoms with Crippen molar-refractivity contribution >= 4 is 110 Å². The van der Waals surface area contributed by atoms with Gasteiger partial charge in [0.2, 0.25) is 0 Å². The van der Waals surface area contributed by atoms with E-state index < -0.39 is 0 Å².